The fourth-order valence-corrected chi connectivity index (χ4v) is 4.14. The maximum absolute atomic E-state index is 5.68. The number of hydrogen-bond donors (Lipinski definition) is 1. The van der Waals surface area contributed by atoms with E-state index in [1.54, 1.807) is 7.11 Å². The van der Waals surface area contributed by atoms with Gasteiger partial charge in [-0.15, -0.1) is 0 Å². The SMILES string of the molecule is COc1ccccc1N1C(=S)NCC1c1c(C(C)C)cccc1C(C)C. The van der Waals surface area contributed by atoms with Gasteiger partial charge < -0.3 is 15.0 Å². The molecule has 138 valence electrons. The van der Waals surface area contributed by atoms with Gasteiger partial charge in [-0.2, -0.15) is 0 Å². The number of nitrogens with zero attached hydrogens (tertiary/aromatic N) is 1. The summed E-state index contributed by atoms with van der Waals surface area (Å²) in [6, 6.07) is 15.0. The van der Waals surface area contributed by atoms with Crippen LogP contribution in [0.5, 0.6) is 5.75 Å². The molecular weight excluding hydrogens is 340 g/mol. The molecule has 0 amide bonds. The lowest BCUT2D eigenvalue weighted by molar-refractivity contribution is 0.415. The minimum atomic E-state index is 0.162. The molecule has 2 aromatic rings. The summed E-state index contributed by atoms with van der Waals surface area (Å²) in [5.41, 5.74) is 5.21. The average molecular weight is 369 g/mol. The normalized spacial score (nSPS) is 17.1. The Morgan fingerprint density at radius 3 is 2.19 bits per heavy atom. The van der Waals surface area contributed by atoms with Gasteiger partial charge >= 0.3 is 0 Å². The van der Waals surface area contributed by atoms with Gasteiger partial charge in [0.05, 0.1) is 18.8 Å². The van der Waals surface area contributed by atoms with E-state index >= 15 is 0 Å². The number of benzene rings is 2. The third-order valence-corrected chi connectivity index (χ3v) is 5.41. The van der Waals surface area contributed by atoms with Crippen molar-refractivity contribution in [2.75, 3.05) is 18.6 Å². The molecule has 0 radical (unpaired) electrons. The molecule has 2 aromatic carbocycles. The minimum Gasteiger partial charge on any atom is -0.495 e. The summed E-state index contributed by atoms with van der Waals surface area (Å²) >= 11 is 5.68. The summed E-state index contributed by atoms with van der Waals surface area (Å²) in [6.45, 7) is 9.85. The number of methoxy groups -OCH3 is 1. The zero-order valence-corrected chi connectivity index (χ0v) is 17.1. The second-order valence-electron chi connectivity index (χ2n) is 7.40. The molecule has 1 aliphatic rings. The quantitative estimate of drug-likeness (QED) is 0.716. The molecule has 0 spiro atoms. The van der Waals surface area contributed by atoms with Crippen LogP contribution in [0.25, 0.3) is 0 Å². The molecular formula is C22H28N2OS. The van der Waals surface area contributed by atoms with Gasteiger partial charge in [0, 0.05) is 6.54 Å². The van der Waals surface area contributed by atoms with Crippen LogP contribution >= 0.6 is 12.2 Å². The number of rotatable bonds is 5. The molecule has 1 aliphatic heterocycles. The standard InChI is InChI=1S/C22H28N2OS/c1-14(2)16-9-8-10-17(15(3)4)21(16)19-13-23-22(26)24(19)18-11-6-7-12-20(18)25-5/h6-12,14-15,19H,13H2,1-5H3,(H,23,26). The van der Waals surface area contributed by atoms with Crippen LogP contribution in [0.2, 0.25) is 0 Å². The maximum atomic E-state index is 5.68. The van der Waals surface area contributed by atoms with Gasteiger partial charge in [-0.25, -0.2) is 0 Å². The van der Waals surface area contributed by atoms with Gasteiger partial charge in [-0.3, -0.25) is 0 Å². The molecule has 0 saturated carbocycles. The van der Waals surface area contributed by atoms with Gasteiger partial charge in [-0.1, -0.05) is 58.0 Å². The molecule has 1 unspecified atom stereocenters. The number of para-hydroxylation sites is 2. The molecule has 1 fully saturated rings. The van der Waals surface area contributed by atoms with Crippen molar-refractivity contribution >= 4 is 23.0 Å². The number of nitrogens with one attached hydrogen (secondary N) is 1. The Morgan fingerprint density at radius 2 is 1.62 bits per heavy atom. The summed E-state index contributed by atoms with van der Waals surface area (Å²) in [5.74, 6) is 1.76. The molecule has 1 heterocycles. The van der Waals surface area contributed by atoms with Crippen molar-refractivity contribution in [2.45, 2.75) is 45.6 Å². The van der Waals surface area contributed by atoms with Crippen molar-refractivity contribution < 1.29 is 4.74 Å². The largest absolute Gasteiger partial charge is 0.495 e. The van der Waals surface area contributed by atoms with Crippen LogP contribution in [-0.2, 0) is 0 Å². The molecule has 4 heteroatoms. The molecule has 1 saturated heterocycles. The van der Waals surface area contributed by atoms with Gasteiger partial charge in [0.2, 0.25) is 0 Å². The zero-order valence-electron chi connectivity index (χ0n) is 16.2. The van der Waals surface area contributed by atoms with Crippen LogP contribution in [0.1, 0.15) is 62.3 Å². The predicted octanol–water partition coefficient (Wildman–Crippen LogP) is 5.38. The molecule has 0 aromatic heterocycles. The Balaban J connectivity index is 2.18. The number of anilines is 1. The first-order valence-corrected chi connectivity index (χ1v) is 9.69. The van der Waals surface area contributed by atoms with Crippen molar-refractivity contribution in [2.24, 2.45) is 0 Å². The Morgan fingerprint density at radius 1 is 1.00 bits per heavy atom. The van der Waals surface area contributed by atoms with Crippen molar-refractivity contribution in [1.29, 1.82) is 0 Å². The zero-order chi connectivity index (χ0) is 18.8. The van der Waals surface area contributed by atoms with E-state index < -0.39 is 0 Å². The van der Waals surface area contributed by atoms with Gasteiger partial charge in [0.1, 0.15) is 5.75 Å². The summed E-state index contributed by atoms with van der Waals surface area (Å²) in [4.78, 5) is 2.22. The lowest BCUT2D eigenvalue weighted by atomic mass is 9.84. The Kier molecular flexibility index (Phi) is 5.52. The van der Waals surface area contributed by atoms with Crippen LogP contribution < -0.4 is 15.0 Å². The van der Waals surface area contributed by atoms with Crippen LogP contribution in [0.3, 0.4) is 0 Å². The highest BCUT2D eigenvalue weighted by Gasteiger charge is 2.35. The fraction of sp³-hybridized carbons (Fsp3) is 0.409. The summed E-state index contributed by atoms with van der Waals surface area (Å²) in [5, 5.41) is 4.16. The van der Waals surface area contributed by atoms with Crippen molar-refractivity contribution in [1.82, 2.24) is 5.32 Å². The fourth-order valence-electron chi connectivity index (χ4n) is 3.83. The minimum absolute atomic E-state index is 0.162. The second kappa shape index (κ2) is 7.67. The highest BCUT2D eigenvalue weighted by molar-refractivity contribution is 7.80. The first-order chi connectivity index (χ1) is 12.5. The molecule has 1 N–H and O–H groups in total. The number of ether oxygens (including phenoxy) is 1. The van der Waals surface area contributed by atoms with E-state index in [1.165, 1.54) is 16.7 Å². The summed E-state index contributed by atoms with van der Waals surface area (Å²) in [7, 11) is 1.71. The van der Waals surface area contributed by atoms with E-state index in [1.807, 2.05) is 18.2 Å². The molecule has 3 rings (SSSR count). The Bertz CT molecular complexity index is 774. The third kappa shape index (κ3) is 3.30. The molecule has 0 aliphatic carbocycles. The van der Waals surface area contributed by atoms with Crippen LogP contribution in [0, 0.1) is 0 Å². The molecule has 26 heavy (non-hydrogen) atoms. The first kappa shape index (κ1) is 18.7. The first-order valence-electron chi connectivity index (χ1n) is 9.28. The van der Waals surface area contributed by atoms with Crippen LogP contribution in [0.4, 0.5) is 5.69 Å². The average Bonchev–Trinajstić information content (AvgIpc) is 3.01. The van der Waals surface area contributed by atoms with Crippen LogP contribution in [-0.4, -0.2) is 18.8 Å². The molecule has 1 atom stereocenters. The topological polar surface area (TPSA) is 24.5 Å². The van der Waals surface area contributed by atoms with Crippen molar-refractivity contribution in [3.05, 3.63) is 59.2 Å². The lowest BCUT2D eigenvalue weighted by Gasteiger charge is -2.31. The lowest BCUT2D eigenvalue weighted by Crippen LogP contribution is -2.30. The van der Waals surface area contributed by atoms with E-state index in [-0.39, 0.29) is 6.04 Å². The Labute approximate surface area is 162 Å². The maximum Gasteiger partial charge on any atom is 0.174 e. The summed E-state index contributed by atoms with van der Waals surface area (Å²) in [6.07, 6.45) is 0. The third-order valence-electron chi connectivity index (χ3n) is 5.07. The van der Waals surface area contributed by atoms with E-state index in [4.69, 9.17) is 17.0 Å². The number of thiocarbonyl (C=S) groups is 1. The van der Waals surface area contributed by atoms with Crippen LogP contribution in [0.15, 0.2) is 42.5 Å². The van der Waals surface area contributed by atoms with Gasteiger partial charge in [0.15, 0.2) is 5.11 Å². The summed E-state index contributed by atoms with van der Waals surface area (Å²) < 4.78 is 5.62. The van der Waals surface area contributed by atoms with E-state index in [2.05, 4.69) is 62.2 Å². The van der Waals surface area contributed by atoms with E-state index in [0.29, 0.717) is 11.8 Å². The number of hydrogen-bond acceptors (Lipinski definition) is 2. The van der Waals surface area contributed by atoms with Crippen molar-refractivity contribution in [3.8, 4) is 5.75 Å². The van der Waals surface area contributed by atoms with Gasteiger partial charge in [-0.05, 0) is 52.9 Å². The van der Waals surface area contributed by atoms with E-state index in [0.717, 1.165) is 23.1 Å². The smallest absolute Gasteiger partial charge is 0.174 e. The van der Waals surface area contributed by atoms with Gasteiger partial charge in [0.25, 0.3) is 0 Å². The molecule has 0 bridgehead atoms. The second-order valence-corrected chi connectivity index (χ2v) is 7.79. The highest BCUT2D eigenvalue weighted by Crippen LogP contribution is 2.41. The Hall–Kier alpha value is -2.07. The monoisotopic (exact) mass is 368 g/mol. The molecule has 3 nitrogen and oxygen atoms in total. The highest BCUT2D eigenvalue weighted by atomic mass is 32.1. The predicted molar refractivity (Wildman–Crippen MR) is 113 cm³/mol. The van der Waals surface area contributed by atoms with E-state index in [9.17, 15) is 0 Å². The van der Waals surface area contributed by atoms with Crippen molar-refractivity contribution in [3.63, 3.8) is 0 Å².